The Balaban J connectivity index is 1.90. The van der Waals surface area contributed by atoms with Crippen LogP contribution in [0.1, 0.15) is 45.4 Å². The third-order valence-electron chi connectivity index (χ3n) is 4.18. The molecule has 3 heterocycles. The highest BCUT2D eigenvalue weighted by molar-refractivity contribution is 7.63. The van der Waals surface area contributed by atoms with E-state index in [1.807, 2.05) is 0 Å². The summed E-state index contributed by atoms with van der Waals surface area (Å²) in [6.07, 6.45) is 9.54. The Kier molecular flexibility index (Phi) is 1.27. The molecular weight excluding hydrogens is 151 g/mol. The van der Waals surface area contributed by atoms with Crippen molar-refractivity contribution in [2.45, 2.75) is 61.9 Å². The molecule has 62 valence electrons. The second-order valence-corrected chi connectivity index (χ2v) is 8.24. The van der Waals surface area contributed by atoms with E-state index in [4.69, 9.17) is 0 Å². The molecule has 0 aromatic heterocycles. The fraction of sp³-hybridized carbons (Fsp3) is 1.00. The number of rotatable bonds is 0. The molecule has 0 spiro atoms. The average molecular weight is 168 g/mol. The zero-order valence-electron chi connectivity index (χ0n) is 7.34. The Labute approximate surface area is 70.5 Å². The van der Waals surface area contributed by atoms with Gasteiger partial charge in [-0.2, -0.15) is 0 Å². The normalized spacial score (nSPS) is 60.3. The van der Waals surface area contributed by atoms with Gasteiger partial charge in [0.2, 0.25) is 0 Å². The molecule has 3 rings (SSSR count). The minimum atomic E-state index is 0.534. The van der Waals surface area contributed by atoms with Crippen molar-refractivity contribution in [3.05, 3.63) is 0 Å². The van der Waals surface area contributed by atoms with Crippen LogP contribution in [0.3, 0.4) is 0 Å². The van der Waals surface area contributed by atoms with Crippen LogP contribution in [0.15, 0.2) is 0 Å². The highest BCUT2D eigenvalue weighted by atomic mass is 31.1. The van der Waals surface area contributed by atoms with Crippen molar-refractivity contribution < 1.29 is 0 Å². The number of hydrogen-bond donors (Lipinski definition) is 0. The summed E-state index contributed by atoms with van der Waals surface area (Å²) < 4.78 is 0. The van der Waals surface area contributed by atoms with Gasteiger partial charge in [-0.1, -0.05) is 21.3 Å². The van der Waals surface area contributed by atoms with Crippen LogP contribution in [0.4, 0.5) is 0 Å². The first kappa shape index (κ1) is 6.89. The molecule has 3 fully saturated rings. The molecule has 0 amide bonds. The molecule has 0 radical (unpaired) electrons. The summed E-state index contributed by atoms with van der Waals surface area (Å²) in [6, 6.07) is 0. The standard InChI is InChI=1S/C10H17P/c1-10-6-5-8-3-2-4-9(7-10)11(8)10/h8-9H,2-7H2,1H3. The third kappa shape index (κ3) is 0.750. The van der Waals surface area contributed by atoms with Gasteiger partial charge in [0.25, 0.3) is 0 Å². The predicted molar refractivity (Wildman–Crippen MR) is 50.6 cm³/mol. The first-order chi connectivity index (χ1) is 5.30. The van der Waals surface area contributed by atoms with Gasteiger partial charge >= 0.3 is 0 Å². The molecule has 11 heavy (non-hydrogen) atoms. The van der Waals surface area contributed by atoms with Gasteiger partial charge in [-0.05, 0) is 48.6 Å². The van der Waals surface area contributed by atoms with Gasteiger partial charge in [0.05, 0.1) is 0 Å². The SMILES string of the molecule is CC12CCC3CCCC(C1)P32. The maximum absolute atomic E-state index is 2.57. The van der Waals surface area contributed by atoms with Crippen molar-refractivity contribution >= 4 is 7.92 Å². The second kappa shape index (κ2) is 2.02. The summed E-state index contributed by atoms with van der Waals surface area (Å²) >= 11 is 0. The summed E-state index contributed by atoms with van der Waals surface area (Å²) in [5.41, 5.74) is 2.46. The quantitative estimate of drug-likeness (QED) is 0.486. The topological polar surface area (TPSA) is 0 Å². The van der Waals surface area contributed by atoms with E-state index in [1.165, 1.54) is 11.3 Å². The van der Waals surface area contributed by atoms with Crippen LogP contribution in [0, 0.1) is 0 Å². The summed E-state index contributed by atoms with van der Waals surface area (Å²) in [7, 11) is 0.534. The predicted octanol–water partition coefficient (Wildman–Crippen LogP) is 3.35. The molecule has 3 aliphatic rings. The van der Waals surface area contributed by atoms with E-state index in [2.05, 4.69) is 6.92 Å². The van der Waals surface area contributed by atoms with Crippen molar-refractivity contribution in [3.8, 4) is 0 Å². The zero-order chi connectivity index (χ0) is 7.47. The summed E-state index contributed by atoms with van der Waals surface area (Å²) in [5.74, 6) is 0. The fourth-order valence-corrected chi connectivity index (χ4v) is 8.52. The van der Waals surface area contributed by atoms with E-state index in [9.17, 15) is 0 Å². The monoisotopic (exact) mass is 168 g/mol. The van der Waals surface area contributed by atoms with Crippen LogP contribution in [-0.2, 0) is 0 Å². The van der Waals surface area contributed by atoms with E-state index < -0.39 is 0 Å². The largest absolute Gasteiger partial charge is 0.0942 e. The Hall–Kier alpha value is 0.430. The van der Waals surface area contributed by atoms with Crippen LogP contribution < -0.4 is 0 Å². The maximum Gasteiger partial charge on any atom is -0.0111 e. The van der Waals surface area contributed by atoms with E-state index in [1.54, 1.807) is 38.5 Å². The van der Waals surface area contributed by atoms with Crippen LogP contribution >= 0.6 is 7.92 Å². The zero-order valence-corrected chi connectivity index (χ0v) is 8.24. The Morgan fingerprint density at radius 1 is 1.18 bits per heavy atom. The Morgan fingerprint density at radius 3 is 2.82 bits per heavy atom. The fourth-order valence-electron chi connectivity index (χ4n) is 3.74. The molecular formula is C10H17P. The lowest BCUT2D eigenvalue weighted by molar-refractivity contribution is 0.466. The van der Waals surface area contributed by atoms with Crippen LogP contribution in [0.2, 0.25) is 0 Å². The molecule has 0 aliphatic carbocycles. The van der Waals surface area contributed by atoms with E-state index in [0.29, 0.717) is 7.92 Å². The van der Waals surface area contributed by atoms with Gasteiger partial charge in [-0.15, -0.1) is 0 Å². The smallest absolute Gasteiger partial charge is 0.0111 e. The van der Waals surface area contributed by atoms with Crippen molar-refractivity contribution in [1.29, 1.82) is 0 Å². The summed E-state index contributed by atoms with van der Waals surface area (Å²) in [6.45, 7) is 2.57. The van der Waals surface area contributed by atoms with Gasteiger partial charge in [-0.25, -0.2) is 0 Å². The Bertz CT molecular complexity index is 189. The highest BCUT2D eigenvalue weighted by Crippen LogP contribution is 2.79. The minimum Gasteiger partial charge on any atom is -0.0942 e. The lowest BCUT2D eigenvalue weighted by atomic mass is 9.97. The van der Waals surface area contributed by atoms with E-state index >= 15 is 0 Å². The molecule has 0 bridgehead atoms. The van der Waals surface area contributed by atoms with Crippen LogP contribution in [-0.4, -0.2) is 16.5 Å². The molecule has 3 saturated heterocycles. The average Bonchev–Trinajstić information content (AvgIpc) is 2.26. The maximum atomic E-state index is 2.57. The van der Waals surface area contributed by atoms with Gasteiger partial charge < -0.3 is 0 Å². The van der Waals surface area contributed by atoms with Gasteiger partial charge in [-0.3, -0.25) is 0 Å². The van der Waals surface area contributed by atoms with Crippen molar-refractivity contribution in [2.24, 2.45) is 0 Å². The Morgan fingerprint density at radius 2 is 2.00 bits per heavy atom. The van der Waals surface area contributed by atoms with E-state index in [0.717, 1.165) is 5.16 Å². The highest BCUT2D eigenvalue weighted by Gasteiger charge is 2.57. The molecule has 0 aromatic rings. The van der Waals surface area contributed by atoms with Gasteiger partial charge in [0.15, 0.2) is 0 Å². The van der Waals surface area contributed by atoms with Crippen LogP contribution in [0.25, 0.3) is 0 Å². The van der Waals surface area contributed by atoms with Crippen molar-refractivity contribution in [2.75, 3.05) is 0 Å². The molecule has 3 aliphatic heterocycles. The molecule has 0 aromatic carbocycles. The van der Waals surface area contributed by atoms with Crippen molar-refractivity contribution in [1.82, 2.24) is 0 Å². The molecule has 0 saturated carbocycles. The lowest BCUT2D eigenvalue weighted by Gasteiger charge is -2.54. The van der Waals surface area contributed by atoms with Gasteiger partial charge in [0, 0.05) is 0 Å². The van der Waals surface area contributed by atoms with E-state index in [-0.39, 0.29) is 0 Å². The molecule has 4 unspecified atom stereocenters. The van der Waals surface area contributed by atoms with Gasteiger partial charge in [0.1, 0.15) is 0 Å². The second-order valence-electron chi connectivity index (χ2n) is 4.89. The molecule has 0 N–H and O–H groups in total. The lowest BCUT2D eigenvalue weighted by Crippen LogP contribution is -2.41. The van der Waals surface area contributed by atoms with Crippen molar-refractivity contribution in [3.63, 3.8) is 0 Å². The summed E-state index contributed by atoms with van der Waals surface area (Å²) in [4.78, 5) is 0. The first-order valence-corrected chi connectivity index (χ1v) is 6.56. The molecule has 4 atom stereocenters. The molecule has 1 heteroatoms. The van der Waals surface area contributed by atoms with Crippen LogP contribution in [0.5, 0.6) is 0 Å². The minimum absolute atomic E-state index is 0.534. The summed E-state index contributed by atoms with van der Waals surface area (Å²) in [5, 5.41) is 0.894. The molecule has 0 nitrogen and oxygen atoms in total. The number of hydrogen-bond acceptors (Lipinski definition) is 0. The third-order valence-corrected chi connectivity index (χ3v) is 8.36. The first-order valence-electron chi connectivity index (χ1n) is 5.08.